The molecule has 1 N–H and O–H groups in total. The number of carboxylic acid groups (broad SMARTS) is 1. The van der Waals surface area contributed by atoms with Crippen molar-refractivity contribution in [1.82, 2.24) is 20.2 Å². The first kappa shape index (κ1) is 14.9. The molecule has 1 fully saturated rings. The van der Waals surface area contributed by atoms with Crippen molar-refractivity contribution in [2.24, 2.45) is 16.7 Å². The summed E-state index contributed by atoms with van der Waals surface area (Å²) in [7, 11) is 0. The zero-order valence-electron chi connectivity index (χ0n) is 12.9. The molecule has 0 saturated heterocycles. The predicted octanol–water partition coefficient (Wildman–Crippen LogP) is 2.32. The minimum absolute atomic E-state index is 0.0692. The lowest BCUT2D eigenvalue weighted by Gasteiger charge is -2.13. The van der Waals surface area contributed by atoms with Crippen molar-refractivity contribution in [2.45, 2.75) is 59.9 Å². The first-order valence-electron chi connectivity index (χ1n) is 7.19. The van der Waals surface area contributed by atoms with Crippen LogP contribution in [0.1, 0.15) is 59.2 Å². The van der Waals surface area contributed by atoms with E-state index in [1.165, 1.54) is 0 Å². The van der Waals surface area contributed by atoms with Crippen molar-refractivity contribution in [3.8, 4) is 0 Å². The summed E-state index contributed by atoms with van der Waals surface area (Å²) in [6, 6.07) is 0. The Morgan fingerprint density at radius 2 is 1.95 bits per heavy atom. The smallest absolute Gasteiger partial charge is 0.303 e. The van der Waals surface area contributed by atoms with Crippen LogP contribution in [-0.2, 0) is 11.3 Å². The van der Waals surface area contributed by atoms with Gasteiger partial charge in [-0.3, -0.25) is 4.79 Å². The fourth-order valence-electron chi connectivity index (χ4n) is 3.22. The molecule has 20 heavy (non-hydrogen) atoms. The van der Waals surface area contributed by atoms with Crippen molar-refractivity contribution >= 4 is 5.97 Å². The molecule has 112 valence electrons. The Morgan fingerprint density at radius 3 is 2.40 bits per heavy atom. The number of hydrogen-bond donors (Lipinski definition) is 1. The van der Waals surface area contributed by atoms with Gasteiger partial charge < -0.3 is 5.11 Å². The monoisotopic (exact) mass is 280 g/mol. The Bertz CT molecular complexity index is 493. The number of carboxylic acids is 1. The van der Waals surface area contributed by atoms with Crippen molar-refractivity contribution in [1.29, 1.82) is 0 Å². The first-order valence-corrected chi connectivity index (χ1v) is 7.19. The van der Waals surface area contributed by atoms with E-state index >= 15 is 0 Å². The van der Waals surface area contributed by atoms with Gasteiger partial charge in [0.25, 0.3) is 0 Å². The molecule has 1 unspecified atom stereocenters. The van der Waals surface area contributed by atoms with Crippen LogP contribution in [0.5, 0.6) is 0 Å². The minimum atomic E-state index is -0.765. The average Bonchev–Trinajstić information content (AvgIpc) is 2.67. The quantitative estimate of drug-likeness (QED) is 0.865. The maximum atomic E-state index is 10.9. The van der Waals surface area contributed by atoms with Crippen molar-refractivity contribution in [3.05, 3.63) is 5.82 Å². The largest absolute Gasteiger partial charge is 0.481 e. The fraction of sp³-hybridized carbons (Fsp3) is 0.857. The maximum absolute atomic E-state index is 10.9. The number of aliphatic carboxylic acids is 1. The highest BCUT2D eigenvalue weighted by Gasteiger charge is 2.67. The summed E-state index contributed by atoms with van der Waals surface area (Å²) in [5.74, 6) is 0.523. The Kier molecular flexibility index (Phi) is 3.60. The van der Waals surface area contributed by atoms with Gasteiger partial charge in [-0.2, -0.15) is 0 Å². The van der Waals surface area contributed by atoms with E-state index in [1.807, 2.05) is 6.92 Å². The van der Waals surface area contributed by atoms with Gasteiger partial charge in [0.2, 0.25) is 0 Å². The lowest BCUT2D eigenvalue weighted by atomic mass is 10.0. The van der Waals surface area contributed by atoms with Gasteiger partial charge in [0.05, 0.1) is 0 Å². The molecular weight excluding hydrogens is 256 g/mol. The molecule has 1 saturated carbocycles. The second-order valence-corrected chi connectivity index (χ2v) is 6.97. The van der Waals surface area contributed by atoms with Crippen LogP contribution < -0.4 is 0 Å². The molecule has 0 aliphatic heterocycles. The van der Waals surface area contributed by atoms with Crippen LogP contribution >= 0.6 is 0 Å². The summed E-state index contributed by atoms with van der Waals surface area (Å²) in [4.78, 5) is 10.9. The molecule has 0 aromatic carbocycles. The Balaban J connectivity index is 2.16. The number of hydrogen-bond acceptors (Lipinski definition) is 4. The standard InChI is InChI=1S/C14H24N4O2/c1-6-9(7-10(19)20)8-18-12(15-16-17-18)11-13(2,3)14(11,4)5/h9,11H,6-8H2,1-5H3,(H,19,20). The summed E-state index contributed by atoms with van der Waals surface area (Å²) < 4.78 is 1.80. The van der Waals surface area contributed by atoms with Gasteiger partial charge in [0, 0.05) is 18.9 Å². The van der Waals surface area contributed by atoms with Gasteiger partial charge in [0.1, 0.15) is 0 Å². The lowest BCUT2D eigenvalue weighted by Crippen LogP contribution is -2.17. The Labute approximate surface area is 119 Å². The minimum Gasteiger partial charge on any atom is -0.481 e. The second-order valence-electron chi connectivity index (χ2n) is 6.97. The number of carbonyl (C=O) groups is 1. The molecule has 0 radical (unpaired) electrons. The SMILES string of the molecule is CCC(CC(=O)O)Cn1nnnc1C1C(C)(C)C1(C)C. The van der Waals surface area contributed by atoms with Crippen molar-refractivity contribution in [3.63, 3.8) is 0 Å². The summed E-state index contributed by atoms with van der Waals surface area (Å²) in [6.07, 6.45) is 0.969. The molecule has 1 aliphatic rings. The van der Waals surface area contributed by atoms with Crippen LogP contribution in [-0.4, -0.2) is 31.3 Å². The molecule has 0 amide bonds. The predicted molar refractivity (Wildman–Crippen MR) is 74.2 cm³/mol. The molecule has 1 atom stereocenters. The third-order valence-electron chi connectivity index (χ3n) is 5.31. The van der Waals surface area contributed by atoms with E-state index in [4.69, 9.17) is 5.11 Å². The summed E-state index contributed by atoms with van der Waals surface area (Å²) in [5.41, 5.74) is 0.349. The summed E-state index contributed by atoms with van der Waals surface area (Å²) in [5, 5.41) is 21.0. The van der Waals surface area contributed by atoms with Gasteiger partial charge in [-0.15, -0.1) is 5.10 Å². The van der Waals surface area contributed by atoms with Crippen LogP contribution in [0.15, 0.2) is 0 Å². The van der Waals surface area contributed by atoms with E-state index in [2.05, 4.69) is 43.2 Å². The number of rotatable bonds is 6. The van der Waals surface area contributed by atoms with Gasteiger partial charge >= 0.3 is 5.97 Å². The maximum Gasteiger partial charge on any atom is 0.303 e. The molecule has 1 aromatic rings. The van der Waals surface area contributed by atoms with Crippen molar-refractivity contribution in [2.75, 3.05) is 0 Å². The van der Waals surface area contributed by atoms with Crippen LogP contribution in [0, 0.1) is 16.7 Å². The topological polar surface area (TPSA) is 80.9 Å². The molecule has 1 aromatic heterocycles. The molecule has 6 nitrogen and oxygen atoms in total. The molecule has 2 rings (SSSR count). The van der Waals surface area contributed by atoms with Crippen LogP contribution in [0.3, 0.4) is 0 Å². The molecule has 0 bridgehead atoms. The number of aromatic nitrogens is 4. The van der Waals surface area contributed by atoms with Crippen molar-refractivity contribution < 1.29 is 9.90 Å². The Morgan fingerprint density at radius 1 is 1.35 bits per heavy atom. The van der Waals surface area contributed by atoms with E-state index < -0.39 is 5.97 Å². The lowest BCUT2D eigenvalue weighted by molar-refractivity contribution is -0.138. The Hall–Kier alpha value is -1.46. The third kappa shape index (κ3) is 2.31. The zero-order valence-corrected chi connectivity index (χ0v) is 12.9. The fourth-order valence-corrected chi connectivity index (χ4v) is 3.22. The van der Waals surface area contributed by atoms with E-state index in [0.717, 1.165) is 12.2 Å². The zero-order chi connectivity index (χ0) is 15.1. The van der Waals surface area contributed by atoms with Gasteiger partial charge in [-0.1, -0.05) is 41.0 Å². The highest BCUT2D eigenvalue weighted by Crippen LogP contribution is 2.73. The molecule has 6 heteroatoms. The highest BCUT2D eigenvalue weighted by atomic mass is 16.4. The highest BCUT2D eigenvalue weighted by molar-refractivity contribution is 5.66. The summed E-state index contributed by atoms with van der Waals surface area (Å²) in [6.45, 7) is 11.5. The van der Waals surface area contributed by atoms with E-state index in [0.29, 0.717) is 12.5 Å². The van der Waals surface area contributed by atoms with Gasteiger partial charge in [-0.25, -0.2) is 4.68 Å². The van der Waals surface area contributed by atoms with E-state index in [9.17, 15) is 4.79 Å². The van der Waals surface area contributed by atoms with E-state index in [-0.39, 0.29) is 23.2 Å². The molecule has 0 spiro atoms. The molecular formula is C14H24N4O2. The second kappa shape index (κ2) is 4.82. The number of nitrogens with zero attached hydrogens (tertiary/aromatic N) is 4. The van der Waals surface area contributed by atoms with Gasteiger partial charge in [-0.05, 0) is 27.2 Å². The normalized spacial score (nSPS) is 21.6. The van der Waals surface area contributed by atoms with Crippen LogP contribution in [0.2, 0.25) is 0 Å². The van der Waals surface area contributed by atoms with Gasteiger partial charge in [0.15, 0.2) is 5.82 Å². The third-order valence-corrected chi connectivity index (χ3v) is 5.31. The molecule has 1 heterocycles. The summed E-state index contributed by atoms with van der Waals surface area (Å²) >= 11 is 0. The van der Waals surface area contributed by atoms with Crippen LogP contribution in [0.25, 0.3) is 0 Å². The van der Waals surface area contributed by atoms with Crippen LogP contribution in [0.4, 0.5) is 0 Å². The number of tetrazole rings is 1. The first-order chi connectivity index (χ1) is 9.21. The van der Waals surface area contributed by atoms with E-state index in [1.54, 1.807) is 4.68 Å². The average molecular weight is 280 g/mol. The molecule has 1 aliphatic carbocycles.